The van der Waals surface area contributed by atoms with Gasteiger partial charge in [-0.2, -0.15) is 9.78 Å². The second-order valence-corrected chi connectivity index (χ2v) is 7.66. The fraction of sp³-hybridized carbons (Fsp3) is 0.444. The van der Waals surface area contributed by atoms with E-state index in [1.807, 2.05) is 18.4 Å². The molecule has 3 rings (SSSR count). The first-order valence-corrected chi connectivity index (χ1v) is 10.6. The smallest absolute Gasteiger partial charge is 0.293 e. The van der Waals surface area contributed by atoms with Crippen molar-refractivity contribution in [3.63, 3.8) is 0 Å². The molecule has 0 unspecified atom stereocenters. The van der Waals surface area contributed by atoms with E-state index in [1.165, 1.54) is 4.68 Å². The summed E-state index contributed by atoms with van der Waals surface area (Å²) in [7, 11) is 0. The first kappa shape index (κ1) is 21.6. The molecular formula is C18H25N9O2S. The lowest BCUT2D eigenvalue weighted by molar-refractivity contribution is 0.0947. The zero-order chi connectivity index (χ0) is 21.5. The largest absolute Gasteiger partial charge is 0.378 e. The lowest BCUT2D eigenvalue weighted by atomic mass is 10.2. The number of hydrogen-bond acceptors (Lipinski definition) is 10. The molecule has 0 aliphatic rings. The Balaban J connectivity index is 1.88. The lowest BCUT2D eigenvalue weighted by Gasteiger charge is -2.21. The number of hydrazone groups is 1. The number of nitrogens with two attached hydrogens (primary N) is 1. The molecule has 0 atom stereocenters. The number of carbonyl (C=O) groups excluding carboxylic acids is 1. The van der Waals surface area contributed by atoms with Crippen LogP contribution in [0.3, 0.4) is 0 Å². The number of nitrogen functional groups attached to an aromatic ring is 1. The van der Waals surface area contributed by atoms with Crippen molar-refractivity contribution in [1.82, 2.24) is 35.6 Å². The minimum Gasteiger partial charge on any atom is -0.378 e. The third-order valence-electron chi connectivity index (χ3n) is 4.38. The van der Waals surface area contributed by atoms with Crippen molar-refractivity contribution in [3.8, 4) is 5.82 Å². The van der Waals surface area contributed by atoms with E-state index in [0.29, 0.717) is 12.2 Å². The normalized spacial score (nSPS) is 11.6. The van der Waals surface area contributed by atoms with Gasteiger partial charge < -0.3 is 5.73 Å². The van der Waals surface area contributed by atoms with Crippen molar-refractivity contribution in [1.29, 1.82) is 0 Å². The second-order valence-electron chi connectivity index (χ2n) is 6.71. The van der Waals surface area contributed by atoms with E-state index < -0.39 is 5.91 Å². The first-order chi connectivity index (χ1) is 14.5. The summed E-state index contributed by atoms with van der Waals surface area (Å²) in [6.45, 7) is 8.36. The number of hydrogen-bond donors (Lipinski definition) is 2. The van der Waals surface area contributed by atoms with Gasteiger partial charge >= 0.3 is 0 Å². The highest BCUT2D eigenvalue weighted by molar-refractivity contribution is 7.11. The maximum atomic E-state index is 12.8. The van der Waals surface area contributed by atoms with E-state index in [0.717, 1.165) is 36.4 Å². The molecule has 0 radical (unpaired) electrons. The van der Waals surface area contributed by atoms with Gasteiger partial charge in [0.1, 0.15) is 0 Å². The highest BCUT2D eigenvalue weighted by Crippen LogP contribution is 2.18. The predicted octanol–water partition coefficient (Wildman–Crippen LogP) is 1.99. The quantitative estimate of drug-likeness (QED) is 0.367. The van der Waals surface area contributed by atoms with Crippen LogP contribution in [0.5, 0.6) is 0 Å². The fourth-order valence-electron chi connectivity index (χ4n) is 2.96. The standard InChI is InChI=1S/C18H25N9O2S/c1-4-7-26(8-5-2)11-13-15(21-25-27(13)17-16(19)23-29-24-17)18(28)22-20-10-14-12(3)6-9-30-14/h6,9-10H,4-5,7-8,11H2,1-3H3,(H2,19,23)(H,22,28)/b20-10-. The van der Waals surface area contributed by atoms with Crippen molar-refractivity contribution in [2.75, 3.05) is 18.8 Å². The zero-order valence-corrected chi connectivity index (χ0v) is 18.0. The molecule has 30 heavy (non-hydrogen) atoms. The maximum Gasteiger partial charge on any atom is 0.293 e. The van der Waals surface area contributed by atoms with E-state index >= 15 is 0 Å². The number of nitrogens with one attached hydrogen (secondary N) is 1. The Morgan fingerprint density at radius 1 is 1.37 bits per heavy atom. The molecule has 0 saturated heterocycles. The summed E-state index contributed by atoms with van der Waals surface area (Å²) in [5.41, 5.74) is 10.1. The Morgan fingerprint density at radius 2 is 2.13 bits per heavy atom. The van der Waals surface area contributed by atoms with Gasteiger partial charge in [-0.3, -0.25) is 9.69 Å². The molecule has 3 aromatic rings. The molecule has 11 nitrogen and oxygen atoms in total. The molecule has 0 saturated carbocycles. The van der Waals surface area contributed by atoms with Crippen molar-refractivity contribution in [2.45, 2.75) is 40.2 Å². The highest BCUT2D eigenvalue weighted by Gasteiger charge is 2.25. The number of nitrogens with zero attached hydrogens (tertiary/aromatic N) is 7. The van der Waals surface area contributed by atoms with E-state index in [-0.39, 0.29) is 17.3 Å². The number of aromatic nitrogens is 5. The molecule has 3 heterocycles. The van der Waals surface area contributed by atoms with Gasteiger partial charge in [-0.05, 0) is 60.2 Å². The van der Waals surface area contributed by atoms with Crippen LogP contribution in [0.2, 0.25) is 0 Å². The number of amides is 1. The van der Waals surface area contributed by atoms with Gasteiger partial charge in [0, 0.05) is 11.4 Å². The molecule has 0 aliphatic heterocycles. The number of thiophene rings is 1. The number of carbonyl (C=O) groups is 1. The van der Waals surface area contributed by atoms with E-state index in [1.54, 1.807) is 17.6 Å². The molecular weight excluding hydrogens is 406 g/mol. The van der Waals surface area contributed by atoms with Gasteiger partial charge in [0.2, 0.25) is 11.6 Å². The summed E-state index contributed by atoms with van der Waals surface area (Å²) in [6, 6.07) is 1.99. The van der Waals surface area contributed by atoms with Crippen molar-refractivity contribution in [3.05, 3.63) is 33.3 Å². The highest BCUT2D eigenvalue weighted by atomic mass is 32.1. The van der Waals surface area contributed by atoms with Crippen molar-refractivity contribution < 1.29 is 9.42 Å². The van der Waals surface area contributed by atoms with Crippen molar-refractivity contribution in [2.24, 2.45) is 5.10 Å². The van der Waals surface area contributed by atoms with Crippen molar-refractivity contribution >= 4 is 29.3 Å². The monoisotopic (exact) mass is 431 g/mol. The summed E-state index contributed by atoms with van der Waals surface area (Å²) in [5.74, 6) is -0.205. The zero-order valence-electron chi connectivity index (χ0n) is 17.2. The Morgan fingerprint density at radius 3 is 2.73 bits per heavy atom. The van der Waals surface area contributed by atoms with E-state index in [4.69, 9.17) is 10.4 Å². The van der Waals surface area contributed by atoms with Gasteiger partial charge in [-0.1, -0.05) is 19.1 Å². The minimum absolute atomic E-state index is 0.0665. The van der Waals surface area contributed by atoms with Gasteiger partial charge in [0.15, 0.2) is 5.69 Å². The molecule has 0 bridgehead atoms. The van der Waals surface area contributed by atoms with Crippen LogP contribution < -0.4 is 11.2 Å². The average molecular weight is 432 g/mol. The van der Waals surface area contributed by atoms with Gasteiger partial charge in [0.05, 0.1) is 11.9 Å². The van der Waals surface area contributed by atoms with Crippen LogP contribution >= 0.6 is 11.3 Å². The van der Waals surface area contributed by atoms with Crippen LogP contribution in [0.15, 0.2) is 21.2 Å². The Kier molecular flexibility index (Phi) is 7.25. The Labute approximate surface area is 177 Å². The van der Waals surface area contributed by atoms with Gasteiger partial charge in [-0.25, -0.2) is 10.1 Å². The van der Waals surface area contributed by atoms with Crippen LogP contribution in [0.25, 0.3) is 5.82 Å². The van der Waals surface area contributed by atoms with Gasteiger partial charge in [-0.15, -0.1) is 16.4 Å². The maximum absolute atomic E-state index is 12.8. The van der Waals surface area contributed by atoms with E-state index in [9.17, 15) is 4.79 Å². The predicted molar refractivity (Wildman–Crippen MR) is 114 cm³/mol. The molecule has 0 spiro atoms. The fourth-order valence-corrected chi connectivity index (χ4v) is 3.75. The molecule has 12 heteroatoms. The summed E-state index contributed by atoms with van der Waals surface area (Å²) < 4.78 is 6.09. The van der Waals surface area contributed by atoms with Crippen LogP contribution in [-0.2, 0) is 6.54 Å². The summed E-state index contributed by atoms with van der Waals surface area (Å²) in [4.78, 5) is 16.0. The lowest BCUT2D eigenvalue weighted by Crippen LogP contribution is -2.28. The van der Waals surface area contributed by atoms with Crippen LogP contribution in [0.1, 0.15) is 53.3 Å². The van der Waals surface area contributed by atoms with Crippen LogP contribution in [-0.4, -0.2) is 55.4 Å². The Bertz CT molecular complexity index is 1000. The molecule has 3 N–H and O–H groups in total. The molecule has 0 aromatic carbocycles. The topological polar surface area (TPSA) is 140 Å². The molecule has 0 aliphatic carbocycles. The number of rotatable bonds is 10. The molecule has 0 fully saturated rings. The third kappa shape index (κ3) is 4.89. The third-order valence-corrected chi connectivity index (χ3v) is 5.33. The minimum atomic E-state index is -0.468. The van der Waals surface area contributed by atoms with E-state index in [2.05, 4.69) is 49.9 Å². The average Bonchev–Trinajstić information content (AvgIpc) is 3.43. The molecule has 1 amide bonds. The van der Waals surface area contributed by atoms with Gasteiger partial charge in [0.25, 0.3) is 5.91 Å². The molecule has 160 valence electrons. The van der Waals surface area contributed by atoms with Crippen LogP contribution in [0, 0.1) is 6.92 Å². The summed E-state index contributed by atoms with van der Waals surface area (Å²) in [5, 5.41) is 21.5. The number of anilines is 1. The number of aryl methyl sites for hydroxylation is 1. The van der Waals surface area contributed by atoms with Crippen LogP contribution in [0.4, 0.5) is 5.82 Å². The SMILES string of the molecule is CCCN(CCC)Cc1c(C(=O)N/N=C\c2sccc2C)nnn1-c1nonc1N. The second kappa shape index (κ2) is 10.1. The molecule has 3 aromatic heterocycles. The summed E-state index contributed by atoms with van der Waals surface area (Å²) >= 11 is 1.54. The Hall–Kier alpha value is -3.12. The summed E-state index contributed by atoms with van der Waals surface area (Å²) in [6.07, 6.45) is 3.56. The first-order valence-electron chi connectivity index (χ1n) is 9.67.